The van der Waals surface area contributed by atoms with Crippen LogP contribution in [0.15, 0.2) is 27.8 Å². The fourth-order valence-corrected chi connectivity index (χ4v) is 2.83. The molecule has 9 heteroatoms. The molecule has 3 N–H and O–H groups in total. The highest BCUT2D eigenvalue weighted by Gasteiger charge is 2.13. The Morgan fingerprint density at radius 3 is 2.96 bits per heavy atom. The number of thioether (sulfide) groups is 1. The van der Waals surface area contributed by atoms with Gasteiger partial charge in [-0.05, 0) is 24.6 Å². The summed E-state index contributed by atoms with van der Waals surface area (Å²) in [4.78, 5) is 11.9. The van der Waals surface area contributed by atoms with Crippen LogP contribution in [0.4, 0.5) is 10.1 Å². The van der Waals surface area contributed by atoms with Gasteiger partial charge >= 0.3 is 0 Å². The third kappa shape index (κ3) is 4.93. The first-order chi connectivity index (χ1) is 11.0. The number of benzene rings is 1. The number of amides is 1. The number of nitrogens with zero attached hydrogens (tertiary/aromatic N) is 3. The average Bonchev–Trinajstić information content (AvgIpc) is 2.86. The van der Waals surface area contributed by atoms with Crippen molar-refractivity contribution < 1.29 is 9.18 Å². The molecule has 1 aromatic carbocycles. The van der Waals surface area contributed by atoms with Crippen molar-refractivity contribution in [2.75, 3.05) is 16.9 Å². The monoisotopic (exact) mass is 401 g/mol. The minimum absolute atomic E-state index is 0.0681. The normalized spacial score (nSPS) is 10.7. The van der Waals surface area contributed by atoms with E-state index in [1.807, 2.05) is 0 Å². The predicted molar refractivity (Wildman–Crippen MR) is 92.2 cm³/mol. The van der Waals surface area contributed by atoms with Gasteiger partial charge in [0.05, 0.1) is 11.4 Å². The van der Waals surface area contributed by atoms with Crippen LogP contribution >= 0.6 is 27.7 Å². The van der Waals surface area contributed by atoms with Crippen LogP contribution in [0.3, 0.4) is 0 Å². The van der Waals surface area contributed by atoms with Gasteiger partial charge in [0.2, 0.25) is 11.1 Å². The van der Waals surface area contributed by atoms with E-state index in [2.05, 4.69) is 38.4 Å². The summed E-state index contributed by atoms with van der Waals surface area (Å²) in [6.07, 6.45) is 2.76. The number of hydrogen-bond acceptors (Lipinski definition) is 5. The molecule has 6 nitrogen and oxygen atoms in total. The van der Waals surface area contributed by atoms with Crippen LogP contribution in [0.2, 0.25) is 0 Å². The third-order valence-electron chi connectivity index (χ3n) is 3.03. The molecule has 0 unspecified atom stereocenters. The Kier molecular flexibility index (Phi) is 6.40. The summed E-state index contributed by atoms with van der Waals surface area (Å²) in [6, 6.07) is 4.44. The number of nitrogen functional groups attached to an aromatic ring is 1. The number of unbranched alkanes of at least 4 members (excludes halogenated alkanes) is 1. The van der Waals surface area contributed by atoms with Gasteiger partial charge in [-0.3, -0.25) is 4.79 Å². The summed E-state index contributed by atoms with van der Waals surface area (Å²) in [7, 11) is 0. The van der Waals surface area contributed by atoms with Crippen LogP contribution in [0.25, 0.3) is 0 Å². The van der Waals surface area contributed by atoms with Crippen molar-refractivity contribution in [3.05, 3.63) is 34.3 Å². The molecule has 0 aliphatic rings. The summed E-state index contributed by atoms with van der Waals surface area (Å²) in [5.41, 5.74) is 0.136. The number of nitrogens with two attached hydrogens (primary N) is 1. The van der Waals surface area contributed by atoms with Gasteiger partial charge in [0.1, 0.15) is 5.82 Å². The molecule has 0 saturated carbocycles. The summed E-state index contributed by atoms with van der Waals surface area (Å²) < 4.78 is 15.7. The van der Waals surface area contributed by atoms with E-state index in [0.29, 0.717) is 15.5 Å². The molecule has 124 valence electrons. The number of rotatable bonds is 7. The minimum Gasteiger partial charge on any atom is -0.336 e. The van der Waals surface area contributed by atoms with Gasteiger partial charge in [-0.25, -0.2) is 9.07 Å². The van der Waals surface area contributed by atoms with Gasteiger partial charge in [0.25, 0.3) is 0 Å². The Hall–Kier alpha value is -1.61. The molecule has 0 aliphatic carbocycles. The second kappa shape index (κ2) is 8.30. The van der Waals surface area contributed by atoms with Crippen molar-refractivity contribution in [2.45, 2.75) is 31.3 Å². The molecule has 0 atom stereocenters. The molecule has 2 aromatic rings. The number of aryl methyl sites for hydroxylation is 1. The summed E-state index contributed by atoms with van der Waals surface area (Å²) in [6.45, 7) is 2.08. The smallest absolute Gasteiger partial charge is 0.234 e. The standard InChI is InChI=1S/C14H17BrFN5OS/c1-2-3-4-12-19-20-14(21(12)17)23-8-13(22)18-11-6-5-9(15)7-10(11)16/h5-7H,2-4,8,17H2,1H3,(H,18,22). The maximum Gasteiger partial charge on any atom is 0.234 e. The average molecular weight is 402 g/mol. The Balaban J connectivity index is 1.90. The molecule has 0 aliphatic heterocycles. The zero-order chi connectivity index (χ0) is 16.8. The second-order valence-electron chi connectivity index (χ2n) is 4.83. The molecule has 0 saturated heterocycles. The van der Waals surface area contributed by atoms with Gasteiger partial charge in [0, 0.05) is 10.9 Å². The first-order valence-electron chi connectivity index (χ1n) is 7.08. The van der Waals surface area contributed by atoms with Gasteiger partial charge in [-0.2, -0.15) is 0 Å². The van der Waals surface area contributed by atoms with Gasteiger partial charge in [-0.15, -0.1) is 10.2 Å². The highest BCUT2D eigenvalue weighted by atomic mass is 79.9. The third-order valence-corrected chi connectivity index (χ3v) is 4.46. The molecular formula is C14H17BrFN5OS. The van der Waals surface area contributed by atoms with Crippen LogP contribution in [0.5, 0.6) is 0 Å². The highest BCUT2D eigenvalue weighted by molar-refractivity contribution is 9.10. The van der Waals surface area contributed by atoms with E-state index < -0.39 is 5.82 Å². The number of carbonyl (C=O) groups excluding carboxylic acids is 1. The molecule has 0 bridgehead atoms. The minimum atomic E-state index is -0.499. The maximum atomic E-state index is 13.7. The van der Waals surface area contributed by atoms with E-state index in [1.165, 1.54) is 16.8 Å². The van der Waals surface area contributed by atoms with Crippen molar-refractivity contribution in [3.63, 3.8) is 0 Å². The maximum absolute atomic E-state index is 13.7. The van der Waals surface area contributed by atoms with Gasteiger partial charge < -0.3 is 11.2 Å². The summed E-state index contributed by atoms with van der Waals surface area (Å²) in [5.74, 6) is 5.82. The molecule has 23 heavy (non-hydrogen) atoms. The lowest BCUT2D eigenvalue weighted by molar-refractivity contribution is -0.113. The van der Waals surface area contributed by atoms with Crippen LogP contribution in [-0.4, -0.2) is 26.5 Å². The molecule has 1 heterocycles. The lowest BCUT2D eigenvalue weighted by atomic mass is 10.2. The molecular weight excluding hydrogens is 385 g/mol. The second-order valence-corrected chi connectivity index (χ2v) is 6.69. The van der Waals surface area contributed by atoms with E-state index in [4.69, 9.17) is 5.84 Å². The number of aromatic nitrogens is 3. The zero-order valence-electron chi connectivity index (χ0n) is 12.6. The van der Waals surface area contributed by atoms with Gasteiger partial charge in [-0.1, -0.05) is 41.0 Å². The first kappa shape index (κ1) is 17.7. The molecule has 0 radical (unpaired) electrons. The van der Waals surface area contributed by atoms with Crippen LogP contribution in [0.1, 0.15) is 25.6 Å². The Morgan fingerprint density at radius 2 is 2.26 bits per heavy atom. The molecule has 0 spiro atoms. The predicted octanol–water partition coefficient (Wildman–Crippen LogP) is 2.97. The number of hydrogen-bond donors (Lipinski definition) is 2. The van der Waals surface area contributed by atoms with Crippen molar-refractivity contribution in [1.82, 2.24) is 14.9 Å². The Labute approximate surface area is 146 Å². The van der Waals surface area contributed by atoms with E-state index >= 15 is 0 Å². The van der Waals surface area contributed by atoms with E-state index in [-0.39, 0.29) is 17.3 Å². The number of halogens is 2. The zero-order valence-corrected chi connectivity index (χ0v) is 15.0. The largest absolute Gasteiger partial charge is 0.336 e. The van der Waals surface area contributed by atoms with E-state index in [1.54, 1.807) is 6.07 Å². The molecule has 1 amide bonds. The fraction of sp³-hybridized carbons (Fsp3) is 0.357. The lowest BCUT2D eigenvalue weighted by Crippen LogP contribution is -2.17. The number of anilines is 1. The molecule has 2 rings (SSSR count). The number of carbonyl (C=O) groups is 1. The fourth-order valence-electron chi connectivity index (χ4n) is 1.82. The molecule has 1 aromatic heterocycles. The lowest BCUT2D eigenvalue weighted by Gasteiger charge is -2.06. The highest BCUT2D eigenvalue weighted by Crippen LogP contribution is 2.20. The van der Waals surface area contributed by atoms with Gasteiger partial charge in [0.15, 0.2) is 5.82 Å². The Morgan fingerprint density at radius 1 is 1.48 bits per heavy atom. The summed E-state index contributed by atoms with van der Waals surface area (Å²) in [5, 5.41) is 11.0. The Bertz CT molecular complexity index is 694. The topological polar surface area (TPSA) is 85.8 Å². The SMILES string of the molecule is CCCCc1nnc(SCC(=O)Nc2ccc(Br)cc2F)n1N. The van der Waals surface area contributed by atoms with Crippen molar-refractivity contribution >= 4 is 39.3 Å². The molecule has 0 fully saturated rings. The van der Waals surface area contributed by atoms with Crippen LogP contribution < -0.4 is 11.2 Å². The van der Waals surface area contributed by atoms with Crippen molar-refractivity contribution in [3.8, 4) is 0 Å². The van der Waals surface area contributed by atoms with Crippen LogP contribution in [-0.2, 0) is 11.2 Å². The summed E-state index contributed by atoms with van der Waals surface area (Å²) >= 11 is 4.32. The van der Waals surface area contributed by atoms with Crippen molar-refractivity contribution in [1.29, 1.82) is 0 Å². The first-order valence-corrected chi connectivity index (χ1v) is 8.86. The van der Waals surface area contributed by atoms with Crippen molar-refractivity contribution in [2.24, 2.45) is 0 Å². The van der Waals surface area contributed by atoms with Crippen LogP contribution in [0, 0.1) is 5.82 Å². The quantitative estimate of drug-likeness (QED) is 0.550. The van der Waals surface area contributed by atoms with E-state index in [0.717, 1.165) is 31.0 Å². The number of nitrogens with one attached hydrogen (secondary N) is 1. The van der Waals surface area contributed by atoms with E-state index in [9.17, 15) is 9.18 Å².